The molecule has 1 aliphatic heterocycles. The highest BCUT2D eigenvalue weighted by atomic mass is 19.2. The minimum absolute atomic E-state index is 0.00629. The number of benzene rings is 1. The number of pyridine rings is 1. The molecule has 13 heteroatoms. The maximum absolute atomic E-state index is 14.9. The molecule has 1 atom stereocenters. The third kappa shape index (κ3) is 4.24. The van der Waals surface area contributed by atoms with E-state index in [1.165, 1.54) is 28.2 Å². The van der Waals surface area contributed by atoms with E-state index in [1.807, 2.05) is 0 Å². The van der Waals surface area contributed by atoms with Crippen LogP contribution in [-0.2, 0) is 4.74 Å². The van der Waals surface area contributed by atoms with E-state index < -0.39 is 40.9 Å². The first-order chi connectivity index (χ1) is 15.9. The van der Waals surface area contributed by atoms with Gasteiger partial charge in [0.25, 0.3) is 0 Å². The number of amides is 1. The normalized spacial score (nSPS) is 15.8. The van der Waals surface area contributed by atoms with Crippen LogP contribution >= 0.6 is 0 Å². The molecule has 2 aromatic heterocycles. The SMILES string of the molecule is C=NN(/C=C\C)C[C@H]1CN(c2cc(F)c(-c3ccc(-n4cnnn4)nc3)c(F)c2F)C(=O)O1. The van der Waals surface area contributed by atoms with Gasteiger partial charge in [0, 0.05) is 30.7 Å². The van der Waals surface area contributed by atoms with Gasteiger partial charge in [-0.15, -0.1) is 5.10 Å². The minimum atomic E-state index is -1.46. The van der Waals surface area contributed by atoms with Crippen LogP contribution in [0.25, 0.3) is 16.9 Å². The summed E-state index contributed by atoms with van der Waals surface area (Å²) in [4.78, 5) is 17.2. The number of hydrogen-bond donors (Lipinski definition) is 0. The van der Waals surface area contributed by atoms with Gasteiger partial charge in [0.2, 0.25) is 0 Å². The number of hydrogen-bond acceptors (Lipinski definition) is 8. The number of nitrogens with zero attached hydrogens (tertiary/aromatic N) is 8. The highest BCUT2D eigenvalue weighted by Crippen LogP contribution is 2.35. The lowest BCUT2D eigenvalue weighted by molar-refractivity contribution is 0.123. The molecule has 0 aliphatic carbocycles. The maximum Gasteiger partial charge on any atom is 0.414 e. The van der Waals surface area contributed by atoms with Gasteiger partial charge < -0.3 is 4.74 Å². The minimum Gasteiger partial charge on any atom is -0.442 e. The Morgan fingerprint density at radius 3 is 2.79 bits per heavy atom. The van der Waals surface area contributed by atoms with Crippen molar-refractivity contribution in [3.05, 3.63) is 60.5 Å². The van der Waals surface area contributed by atoms with Crippen molar-refractivity contribution in [3.8, 4) is 16.9 Å². The summed E-state index contributed by atoms with van der Waals surface area (Å²) < 4.78 is 51.2. The molecule has 1 amide bonds. The van der Waals surface area contributed by atoms with Crippen LogP contribution in [0.4, 0.5) is 23.7 Å². The maximum atomic E-state index is 14.9. The number of ether oxygens (including phenoxy) is 1. The smallest absolute Gasteiger partial charge is 0.414 e. The van der Waals surface area contributed by atoms with Gasteiger partial charge in [-0.3, -0.25) is 9.91 Å². The molecule has 1 saturated heterocycles. The van der Waals surface area contributed by atoms with E-state index >= 15 is 0 Å². The molecule has 3 heterocycles. The summed E-state index contributed by atoms with van der Waals surface area (Å²) in [5.41, 5.74) is -1.19. The molecule has 1 fully saturated rings. The van der Waals surface area contributed by atoms with Crippen LogP contribution in [0.1, 0.15) is 6.92 Å². The second-order valence-corrected chi connectivity index (χ2v) is 6.90. The molecule has 3 aromatic rings. The van der Waals surface area contributed by atoms with Crippen molar-refractivity contribution in [2.24, 2.45) is 5.10 Å². The molecule has 0 radical (unpaired) electrons. The molecule has 0 bridgehead atoms. The Bertz CT molecular complexity index is 1200. The number of hydrazone groups is 1. The van der Waals surface area contributed by atoms with Crippen molar-refractivity contribution in [1.29, 1.82) is 0 Å². The lowest BCUT2D eigenvalue weighted by atomic mass is 10.0. The number of rotatable bonds is 7. The first-order valence-electron chi connectivity index (χ1n) is 9.64. The summed E-state index contributed by atoms with van der Waals surface area (Å²) in [6.45, 7) is 5.19. The zero-order valence-electron chi connectivity index (χ0n) is 17.3. The van der Waals surface area contributed by atoms with E-state index in [2.05, 4.69) is 32.3 Å². The Morgan fingerprint density at radius 1 is 1.33 bits per heavy atom. The van der Waals surface area contributed by atoms with Crippen LogP contribution in [0.2, 0.25) is 0 Å². The molecule has 4 rings (SSSR count). The second kappa shape index (κ2) is 9.06. The number of carbonyl (C=O) groups is 1. The summed E-state index contributed by atoms with van der Waals surface area (Å²) >= 11 is 0. The van der Waals surface area contributed by atoms with Crippen LogP contribution in [-0.4, -0.2) is 62.2 Å². The number of tetrazole rings is 1. The standard InChI is InChI=1S/C20H17F3N8O2/c1-3-6-29(24-2)9-13-10-30(20(32)33-13)15-7-14(21)17(19(23)18(15)22)12-4-5-16(25-8-12)31-11-26-27-28-31/h3-8,11,13H,2,9-10H2,1H3/b6-3-/t13-/m0/s1. The summed E-state index contributed by atoms with van der Waals surface area (Å²) in [5, 5.41) is 15.8. The highest BCUT2D eigenvalue weighted by Gasteiger charge is 2.36. The molecule has 1 aromatic carbocycles. The monoisotopic (exact) mass is 458 g/mol. The van der Waals surface area contributed by atoms with Gasteiger partial charge in [0.05, 0.1) is 24.3 Å². The fourth-order valence-electron chi connectivity index (χ4n) is 3.34. The summed E-state index contributed by atoms with van der Waals surface area (Å²) in [5.74, 6) is -3.61. The molecular weight excluding hydrogens is 441 g/mol. The average Bonchev–Trinajstić information content (AvgIpc) is 3.46. The first-order valence-corrected chi connectivity index (χ1v) is 9.64. The average molecular weight is 458 g/mol. The van der Waals surface area contributed by atoms with Crippen molar-refractivity contribution in [3.63, 3.8) is 0 Å². The number of anilines is 1. The van der Waals surface area contributed by atoms with E-state index in [4.69, 9.17) is 4.74 Å². The lowest BCUT2D eigenvalue weighted by Gasteiger charge is -2.18. The molecule has 0 spiro atoms. The molecule has 10 nitrogen and oxygen atoms in total. The predicted molar refractivity (Wildman–Crippen MR) is 111 cm³/mol. The van der Waals surface area contributed by atoms with Crippen LogP contribution < -0.4 is 4.90 Å². The Hall–Kier alpha value is -4.29. The van der Waals surface area contributed by atoms with Gasteiger partial charge in [-0.2, -0.15) is 9.78 Å². The fourth-order valence-corrected chi connectivity index (χ4v) is 3.34. The third-order valence-corrected chi connectivity index (χ3v) is 4.82. The number of cyclic esters (lactones) is 1. The Labute approximate surface area is 185 Å². The molecule has 33 heavy (non-hydrogen) atoms. The van der Waals surface area contributed by atoms with Crippen molar-refractivity contribution in [2.45, 2.75) is 13.0 Å². The number of halogens is 3. The van der Waals surface area contributed by atoms with Crippen molar-refractivity contribution < 1.29 is 22.7 Å². The van der Waals surface area contributed by atoms with Gasteiger partial charge in [-0.05, 0) is 29.5 Å². The van der Waals surface area contributed by atoms with E-state index in [0.29, 0.717) is 5.82 Å². The summed E-state index contributed by atoms with van der Waals surface area (Å²) in [7, 11) is 0. The zero-order valence-corrected chi connectivity index (χ0v) is 17.3. The number of carbonyl (C=O) groups excluding carboxylic acids is 1. The van der Waals surface area contributed by atoms with Crippen molar-refractivity contribution in [1.82, 2.24) is 30.2 Å². The Morgan fingerprint density at radius 2 is 2.15 bits per heavy atom. The number of aromatic nitrogens is 5. The summed E-state index contributed by atoms with van der Waals surface area (Å²) in [6, 6.07) is 3.52. The molecule has 0 unspecified atom stereocenters. The van der Waals surface area contributed by atoms with E-state index in [0.717, 1.165) is 17.2 Å². The quantitative estimate of drug-likeness (QED) is 0.305. The molecule has 1 aliphatic rings. The Kier molecular flexibility index (Phi) is 6.02. The summed E-state index contributed by atoms with van der Waals surface area (Å²) in [6.07, 6.45) is 4.13. The molecule has 170 valence electrons. The van der Waals surface area contributed by atoms with Gasteiger partial charge in [-0.1, -0.05) is 6.08 Å². The predicted octanol–water partition coefficient (Wildman–Crippen LogP) is 2.92. The van der Waals surface area contributed by atoms with E-state index in [-0.39, 0.29) is 18.7 Å². The largest absolute Gasteiger partial charge is 0.442 e. The molecular formula is C20H17F3N8O2. The lowest BCUT2D eigenvalue weighted by Crippen LogP contribution is -2.30. The Balaban J connectivity index is 1.61. The number of allylic oxidation sites excluding steroid dienone is 1. The van der Waals surface area contributed by atoms with Gasteiger partial charge >= 0.3 is 6.09 Å². The van der Waals surface area contributed by atoms with Gasteiger partial charge in [-0.25, -0.2) is 22.9 Å². The van der Waals surface area contributed by atoms with E-state index in [1.54, 1.807) is 19.2 Å². The van der Waals surface area contributed by atoms with E-state index in [9.17, 15) is 18.0 Å². The van der Waals surface area contributed by atoms with Crippen molar-refractivity contribution >= 4 is 18.5 Å². The molecule has 0 N–H and O–H groups in total. The van der Waals surface area contributed by atoms with Gasteiger partial charge in [0.15, 0.2) is 17.5 Å². The third-order valence-electron chi connectivity index (χ3n) is 4.82. The molecule has 0 saturated carbocycles. The van der Waals surface area contributed by atoms with Crippen LogP contribution in [0.15, 0.2) is 48.1 Å². The zero-order chi connectivity index (χ0) is 23.5. The first kappa shape index (κ1) is 21.9. The van der Waals surface area contributed by atoms with Crippen LogP contribution in [0.3, 0.4) is 0 Å². The van der Waals surface area contributed by atoms with Crippen LogP contribution in [0, 0.1) is 17.5 Å². The highest BCUT2D eigenvalue weighted by molar-refractivity contribution is 5.90. The topological polar surface area (TPSA) is 102 Å². The second-order valence-electron chi connectivity index (χ2n) is 6.90. The van der Waals surface area contributed by atoms with Gasteiger partial charge in [0.1, 0.15) is 18.2 Å². The van der Waals surface area contributed by atoms with Crippen molar-refractivity contribution in [2.75, 3.05) is 18.0 Å². The fraction of sp³-hybridized carbons (Fsp3) is 0.200. The van der Waals surface area contributed by atoms with Crippen LogP contribution in [0.5, 0.6) is 0 Å².